The number of hydrogen-bond donors (Lipinski definition) is 1. The van der Waals surface area contributed by atoms with Gasteiger partial charge in [-0.3, -0.25) is 8.98 Å². The van der Waals surface area contributed by atoms with Crippen molar-refractivity contribution in [3.8, 4) is 0 Å². The van der Waals surface area contributed by atoms with Gasteiger partial charge in [-0.1, -0.05) is 65.5 Å². The lowest BCUT2D eigenvalue weighted by atomic mass is 9.83. The van der Waals surface area contributed by atoms with Gasteiger partial charge in [-0.25, -0.2) is 8.42 Å². The van der Waals surface area contributed by atoms with Crippen molar-refractivity contribution in [3.05, 3.63) is 54.6 Å². The molecule has 0 aromatic heterocycles. The van der Waals surface area contributed by atoms with Crippen LogP contribution in [0.4, 0.5) is 0 Å². The van der Waals surface area contributed by atoms with Gasteiger partial charge < -0.3 is 19.3 Å². The van der Waals surface area contributed by atoms with E-state index in [2.05, 4.69) is 27.0 Å². The van der Waals surface area contributed by atoms with E-state index in [1.54, 1.807) is 30.3 Å². The van der Waals surface area contributed by atoms with Crippen LogP contribution in [0.5, 0.6) is 0 Å². The third kappa shape index (κ3) is 14.2. The molecule has 10 nitrogen and oxygen atoms in total. The standard InChI is InChI=1S/C41H66O10S2/c1-11-27(2)22-38-31(6)35(26-53(46,47)34-17-13-12-14-18-34)39(50-38)25-36(42)30(5)28(3)23-33(51-52(10,44)45)19-20-37-29(4)24-32(49-37)16-15-21-48-40(43)41(7,8)9/h12-14,17-18,27-28,31-33,35-39,42H,4-5,11,15-16,19-26H2,1-3,6-10H3/t27-,28-,31-,32+,33-,35-,36-,37?,38?,39+/m1/s1. The lowest BCUT2D eigenvalue weighted by molar-refractivity contribution is -0.153. The van der Waals surface area contributed by atoms with Crippen molar-refractivity contribution < 1.29 is 45.1 Å². The average molecular weight is 783 g/mol. The Morgan fingerprint density at radius 2 is 1.70 bits per heavy atom. The Morgan fingerprint density at radius 3 is 2.30 bits per heavy atom. The summed E-state index contributed by atoms with van der Waals surface area (Å²) in [5, 5.41) is 11.5. The van der Waals surface area contributed by atoms with Crippen molar-refractivity contribution in [2.75, 3.05) is 18.6 Å². The van der Waals surface area contributed by atoms with Gasteiger partial charge in [0.2, 0.25) is 0 Å². The fourth-order valence-corrected chi connectivity index (χ4v) is 9.79. The van der Waals surface area contributed by atoms with E-state index in [1.165, 1.54) is 0 Å². The molecule has 2 heterocycles. The van der Waals surface area contributed by atoms with Crippen molar-refractivity contribution in [2.45, 2.75) is 148 Å². The van der Waals surface area contributed by atoms with E-state index in [0.29, 0.717) is 56.6 Å². The van der Waals surface area contributed by atoms with E-state index >= 15 is 0 Å². The van der Waals surface area contributed by atoms with Crippen LogP contribution in [0, 0.1) is 29.1 Å². The number of hydrogen-bond acceptors (Lipinski definition) is 10. The lowest BCUT2D eigenvalue weighted by Crippen LogP contribution is -2.32. The summed E-state index contributed by atoms with van der Waals surface area (Å²) in [4.78, 5) is 12.3. The molecular weight excluding hydrogens is 717 g/mol. The van der Waals surface area contributed by atoms with E-state index in [9.17, 15) is 26.7 Å². The summed E-state index contributed by atoms with van der Waals surface area (Å²) in [7, 11) is -7.38. The highest BCUT2D eigenvalue weighted by molar-refractivity contribution is 7.91. The highest BCUT2D eigenvalue weighted by Crippen LogP contribution is 2.41. The Labute approximate surface area is 320 Å². The molecule has 0 saturated carbocycles. The van der Waals surface area contributed by atoms with Crippen molar-refractivity contribution in [3.63, 3.8) is 0 Å². The van der Waals surface area contributed by atoms with Crippen molar-refractivity contribution in [1.82, 2.24) is 0 Å². The van der Waals surface area contributed by atoms with Crippen LogP contribution in [0.1, 0.15) is 106 Å². The van der Waals surface area contributed by atoms with E-state index < -0.39 is 43.7 Å². The minimum Gasteiger partial charge on any atom is -0.465 e. The first-order valence-corrected chi connectivity index (χ1v) is 22.8. The molecule has 2 fully saturated rings. The van der Waals surface area contributed by atoms with Crippen LogP contribution in [0.3, 0.4) is 0 Å². The smallest absolute Gasteiger partial charge is 0.311 e. The zero-order valence-electron chi connectivity index (χ0n) is 33.3. The third-order valence-corrected chi connectivity index (χ3v) is 13.4. The number of aliphatic hydroxyl groups excluding tert-OH is 1. The third-order valence-electron chi connectivity index (χ3n) is 10.9. The number of ether oxygens (including phenoxy) is 3. The van der Waals surface area contributed by atoms with Gasteiger partial charge in [0.1, 0.15) is 0 Å². The largest absolute Gasteiger partial charge is 0.465 e. The molecule has 302 valence electrons. The van der Waals surface area contributed by atoms with Crippen molar-refractivity contribution >= 4 is 25.9 Å². The van der Waals surface area contributed by atoms with Crippen LogP contribution in [-0.4, -0.2) is 83.2 Å². The Bertz CT molecular complexity index is 1570. The summed E-state index contributed by atoms with van der Waals surface area (Å²) in [5.41, 5.74) is 0.910. The molecule has 2 saturated heterocycles. The molecule has 0 amide bonds. The topological polar surface area (TPSA) is 142 Å². The number of carbonyl (C=O) groups is 1. The Balaban J connectivity index is 1.62. The predicted octanol–water partition coefficient (Wildman–Crippen LogP) is 7.46. The zero-order chi connectivity index (χ0) is 39.7. The molecule has 0 aliphatic carbocycles. The van der Waals surface area contributed by atoms with Crippen LogP contribution >= 0.6 is 0 Å². The fraction of sp³-hybridized carbons (Fsp3) is 0.732. The molecule has 12 heteroatoms. The summed E-state index contributed by atoms with van der Waals surface area (Å²) >= 11 is 0. The minimum atomic E-state index is -3.78. The summed E-state index contributed by atoms with van der Waals surface area (Å²) in [6.45, 7) is 22.4. The Kier molecular flexibility index (Phi) is 16.8. The fourth-order valence-electron chi connectivity index (χ4n) is 7.33. The second-order valence-corrected chi connectivity index (χ2v) is 20.3. The van der Waals surface area contributed by atoms with E-state index in [0.717, 1.165) is 24.7 Å². The van der Waals surface area contributed by atoms with Crippen LogP contribution in [0.25, 0.3) is 0 Å². The first kappa shape index (κ1) is 45.3. The van der Waals surface area contributed by atoms with E-state index in [1.807, 2.05) is 34.6 Å². The quantitative estimate of drug-likeness (QED) is 0.0578. The summed E-state index contributed by atoms with van der Waals surface area (Å²) in [6.07, 6.45) is 3.66. The molecule has 2 aliphatic rings. The average Bonchev–Trinajstić information content (AvgIpc) is 3.57. The van der Waals surface area contributed by atoms with Crippen LogP contribution in [0.2, 0.25) is 0 Å². The van der Waals surface area contributed by atoms with Crippen LogP contribution in [0.15, 0.2) is 59.5 Å². The molecule has 3 rings (SSSR count). The Morgan fingerprint density at radius 1 is 1.04 bits per heavy atom. The van der Waals surface area contributed by atoms with E-state index in [4.69, 9.17) is 18.4 Å². The predicted molar refractivity (Wildman–Crippen MR) is 208 cm³/mol. The number of esters is 1. The van der Waals surface area contributed by atoms with Crippen LogP contribution < -0.4 is 0 Å². The normalized spacial score (nSPS) is 26.2. The Hall–Kier alpha value is -2.09. The molecule has 1 N–H and O–H groups in total. The van der Waals surface area contributed by atoms with Gasteiger partial charge in [0.15, 0.2) is 9.84 Å². The van der Waals surface area contributed by atoms with Gasteiger partial charge >= 0.3 is 5.97 Å². The SMILES string of the molecule is C=C1C[C@H](CCCOC(=O)C(C)(C)C)OC1CC[C@H](C[C@@H](C)C(=C)[C@H](O)C[C@@H]1OC(C[C@H](C)CC)[C@H](C)[C@H]1CS(=O)(=O)c1ccccc1)OS(C)(=O)=O. The van der Waals surface area contributed by atoms with Gasteiger partial charge in [0.25, 0.3) is 10.1 Å². The molecule has 0 radical (unpaired) electrons. The number of sulfone groups is 1. The lowest BCUT2D eigenvalue weighted by Gasteiger charge is -2.28. The van der Waals surface area contributed by atoms with E-state index in [-0.39, 0.29) is 59.1 Å². The number of carbonyl (C=O) groups excluding carboxylic acids is 1. The maximum absolute atomic E-state index is 13.5. The number of rotatable bonds is 21. The molecule has 1 aromatic carbocycles. The molecule has 2 unspecified atom stereocenters. The highest BCUT2D eigenvalue weighted by atomic mass is 32.2. The summed E-state index contributed by atoms with van der Waals surface area (Å²) in [5.74, 6) is -0.583. The first-order chi connectivity index (χ1) is 24.6. The van der Waals surface area contributed by atoms with Gasteiger partial charge in [-0.15, -0.1) is 0 Å². The molecule has 0 bridgehead atoms. The highest BCUT2D eigenvalue weighted by Gasteiger charge is 2.45. The van der Waals surface area contributed by atoms with Crippen molar-refractivity contribution in [2.24, 2.45) is 29.1 Å². The number of benzene rings is 1. The monoisotopic (exact) mass is 782 g/mol. The van der Waals surface area contributed by atoms with Crippen molar-refractivity contribution in [1.29, 1.82) is 0 Å². The van der Waals surface area contributed by atoms with Gasteiger partial charge in [0.05, 0.1) is 65.5 Å². The second-order valence-electron chi connectivity index (χ2n) is 16.7. The molecule has 10 atom stereocenters. The van der Waals surface area contributed by atoms with Gasteiger partial charge in [-0.2, -0.15) is 8.42 Å². The maximum atomic E-state index is 13.5. The molecule has 2 aliphatic heterocycles. The van der Waals surface area contributed by atoms with Gasteiger partial charge in [0, 0.05) is 12.3 Å². The minimum absolute atomic E-state index is 0.0314. The molecule has 0 spiro atoms. The molecule has 1 aromatic rings. The second kappa shape index (κ2) is 19.7. The van der Waals surface area contributed by atoms with Gasteiger partial charge in [-0.05, 0) is 107 Å². The molecular formula is C41H66O10S2. The zero-order valence-corrected chi connectivity index (χ0v) is 34.9. The maximum Gasteiger partial charge on any atom is 0.311 e. The summed E-state index contributed by atoms with van der Waals surface area (Å²) in [6, 6.07) is 8.43. The summed E-state index contributed by atoms with van der Waals surface area (Å²) < 4.78 is 75.3. The number of aliphatic hydroxyl groups is 1. The van der Waals surface area contributed by atoms with Crippen LogP contribution in [-0.2, 0) is 43.1 Å². The molecule has 53 heavy (non-hydrogen) atoms. The first-order valence-electron chi connectivity index (χ1n) is 19.3.